The fourth-order valence-electron chi connectivity index (χ4n) is 5.28. The third-order valence-electron chi connectivity index (χ3n) is 7.01. The lowest BCUT2D eigenvalue weighted by Crippen LogP contribution is -2.44. The quantitative estimate of drug-likeness (QED) is 0.658. The van der Waals surface area contributed by atoms with E-state index in [2.05, 4.69) is 5.32 Å². The fourth-order valence-corrected chi connectivity index (χ4v) is 5.57. The molecule has 2 amide bonds. The van der Waals surface area contributed by atoms with E-state index in [4.69, 9.17) is 37.9 Å². The Balaban J connectivity index is 1.41. The van der Waals surface area contributed by atoms with Crippen LogP contribution in [0.2, 0.25) is 10.0 Å². The number of benzene rings is 1. The van der Waals surface area contributed by atoms with Crippen molar-refractivity contribution in [1.82, 2.24) is 25.1 Å². The molecule has 5 heterocycles. The van der Waals surface area contributed by atoms with Crippen LogP contribution in [0.25, 0.3) is 5.70 Å². The molecule has 0 aliphatic carbocycles. The maximum Gasteiger partial charge on any atom is 0.282 e. The van der Waals surface area contributed by atoms with E-state index < -0.39 is 0 Å². The molecule has 1 N–H and O–H groups in total. The third-order valence-corrected chi connectivity index (χ3v) is 7.75. The summed E-state index contributed by atoms with van der Waals surface area (Å²) < 4.78 is 7.34. The minimum atomic E-state index is -0.336. The summed E-state index contributed by atoms with van der Waals surface area (Å²) in [6.07, 6.45) is 1.30. The highest BCUT2D eigenvalue weighted by Gasteiger charge is 2.41. The minimum Gasteiger partial charge on any atom is -0.378 e. The van der Waals surface area contributed by atoms with Gasteiger partial charge in [0.2, 0.25) is 5.91 Å². The molecule has 0 bridgehead atoms. The van der Waals surface area contributed by atoms with Gasteiger partial charge in [0.1, 0.15) is 5.70 Å². The molecule has 0 spiro atoms. The molecular formula is C24H25Cl2N5O4. The van der Waals surface area contributed by atoms with Crippen LogP contribution in [-0.4, -0.2) is 71.0 Å². The van der Waals surface area contributed by atoms with Gasteiger partial charge >= 0.3 is 0 Å². The maximum atomic E-state index is 13.6. The Morgan fingerprint density at radius 1 is 1.14 bits per heavy atom. The SMILES string of the molecule is O=C(C1CC2=C(c3c4c(nn3C1)CCNC4)N(C(=O)c1ccc(Cl)c(Cl)c1)OC2)N1CCOCC1. The second-order valence-electron chi connectivity index (χ2n) is 9.18. The Kier molecular flexibility index (Phi) is 6.06. The van der Waals surface area contributed by atoms with Crippen LogP contribution in [-0.2, 0) is 33.9 Å². The van der Waals surface area contributed by atoms with Crippen LogP contribution in [0, 0.1) is 5.92 Å². The van der Waals surface area contributed by atoms with E-state index in [9.17, 15) is 9.59 Å². The Bertz CT molecular complexity index is 1240. The van der Waals surface area contributed by atoms with E-state index in [1.54, 1.807) is 18.2 Å². The van der Waals surface area contributed by atoms with E-state index >= 15 is 0 Å². The van der Waals surface area contributed by atoms with Gasteiger partial charge < -0.3 is 15.0 Å². The highest BCUT2D eigenvalue weighted by molar-refractivity contribution is 6.42. The number of rotatable bonds is 2. The van der Waals surface area contributed by atoms with Crippen LogP contribution in [0.3, 0.4) is 0 Å². The number of carbonyl (C=O) groups is 2. The number of fused-ring (bicyclic) bond motifs is 4. The lowest BCUT2D eigenvalue weighted by atomic mass is 9.96. The number of morpholine rings is 1. The first-order valence-electron chi connectivity index (χ1n) is 11.8. The number of ether oxygens (including phenoxy) is 1. The van der Waals surface area contributed by atoms with Crippen LogP contribution >= 0.6 is 23.2 Å². The summed E-state index contributed by atoms with van der Waals surface area (Å²) in [7, 11) is 0. The molecule has 4 aliphatic heterocycles. The van der Waals surface area contributed by atoms with Crippen molar-refractivity contribution in [1.29, 1.82) is 0 Å². The predicted molar refractivity (Wildman–Crippen MR) is 129 cm³/mol. The Hall–Kier alpha value is -2.43. The summed E-state index contributed by atoms with van der Waals surface area (Å²) in [5.74, 6) is -0.539. The van der Waals surface area contributed by atoms with Crippen molar-refractivity contribution >= 4 is 40.7 Å². The monoisotopic (exact) mass is 517 g/mol. The van der Waals surface area contributed by atoms with Crippen LogP contribution in [0.4, 0.5) is 0 Å². The molecule has 11 heteroatoms. The summed E-state index contributed by atoms with van der Waals surface area (Å²) in [4.78, 5) is 34.9. The van der Waals surface area contributed by atoms with Crippen molar-refractivity contribution in [2.24, 2.45) is 5.92 Å². The average Bonchev–Trinajstić information content (AvgIpc) is 3.41. The lowest BCUT2D eigenvalue weighted by Gasteiger charge is -2.30. The smallest absolute Gasteiger partial charge is 0.282 e. The molecule has 184 valence electrons. The third kappa shape index (κ3) is 4.05. The van der Waals surface area contributed by atoms with Crippen molar-refractivity contribution in [2.45, 2.75) is 25.9 Å². The number of nitrogens with zero attached hydrogens (tertiary/aromatic N) is 4. The Labute approximate surface area is 212 Å². The largest absolute Gasteiger partial charge is 0.378 e. The first-order valence-corrected chi connectivity index (χ1v) is 12.6. The van der Waals surface area contributed by atoms with Gasteiger partial charge in [0, 0.05) is 43.7 Å². The van der Waals surface area contributed by atoms with E-state index in [-0.39, 0.29) is 24.3 Å². The predicted octanol–water partition coefficient (Wildman–Crippen LogP) is 2.51. The molecular weight excluding hydrogens is 493 g/mol. The average molecular weight is 518 g/mol. The molecule has 1 unspecified atom stereocenters. The summed E-state index contributed by atoms with van der Waals surface area (Å²) in [5, 5.41) is 10.3. The molecule has 4 aliphatic rings. The summed E-state index contributed by atoms with van der Waals surface area (Å²) in [6.45, 7) is 4.47. The fraction of sp³-hybridized carbons (Fsp3) is 0.458. The van der Waals surface area contributed by atoms with Gasteiger partial charge in [-0.15, -0.1) is 0 Å². The van der Waals surface area contributed by atoms with Gasteiger partial charge in [-0.3, -0.25) is 19.1 Å². The van der Waals surface area contributed by atoms with Crippen LogP contribution < -0.4 is 5.32 Å². The number of hydrogen-bond acceptors (Lipinski definition) is 6. The number of halogens is 2. The van der Waals surface area contributed by atoms with Gasteiger partial charge in [-0.2, -0.15) is 10.2 Å². The second-order valence-corrected chi connectivity index (χ2v) is 9.99. The number of nitrogens with one attached hydrogen (secondary N) is 1. The van der Waals surface area contributed by atoms with Crippen molar-refractivity contribution in [3.63, 3.8) is 0 Å². The molecule has 1 fully saturated rings. The lowest BCUT2D eigenvalue weighted by molar-refractivity contribution is -0.140. The molecule has 35 heavy (non-hydrogen) atoms. The van der Waals surface area contributed by atoms with Gasteiger partial charge in [-0.05, 0) is 30.2 Å². The van der Waals surface area contributed by atoms with Gasteiger partial charge in [0.15, 0.2) is 0 Å². The standard InChI is InChI=1S/C24H25Cl2N5O4/c25-18-2-1-14(10-19(18)26)24(33)31-21-16(13-35-31)9-15(23(32)29-5-7-34-8-6-29)12-30-22(21)17-11-27-4-3-20(17)28-30/h1-2,10,15,27H,3-9,11-13H2. The van der Waals surface area contributed by atoms with Gasteiger partial charge in [0.05, 0.1) is 53.7 Å². The zero-order valence-electron chi connectivity index (χ0n) is 19.1. The molecule has 6 rings (SSSR count). The maximum absolute atomic E-state index is 13.6. The van der Waals surface area contributed by atoms with E-state index in [0.29, 0.717) is 67.1 Å². The first-order chi connectivity index (χ1) is 17.0. The minimum absolute atomic E-state index is 0.0915. The van der Waals surface area contributed by atoms with Crippen molar-refractivity contribution in [3.05, 3.63) is 56.3 Å². The Morgan fingerprint density at radius 3 is 2.77 bits per heavy atom. The molecule has 1 aromatic heterocycles. The van der Waals surface area contributed by atoms with E-state index in [0.717, 1.165) is 35.5 Å². The highest BCUT2D eigenvalue weighted by Crippen LogP contribution is 2.41. The zero-order chi connectivity index (χ0) is 24.1. The van der Waals surface area contributed by atoms with Crippen molar-refractivity contribution in [3.8, 4) is 0 Å². The molecule has 1 atom stereocenters. The molecule has 1 aromatic carbocycles. The number of aromatic nitrogens is 2. The molecule has 0 saturated carbocycles. The number of hydroxylamine groups is 2. The van der Waals surface area contributed by atoms with Gasteiger partial charge in [-0.1, -0.05) is 23.2 Å². The van der Waals surface area contributed by atoms with E-state index in [1.165, 1.54) is 5.06 Å². The second kappa shape index (κ2) is 9.22. The zero-order valence-corrected chi connectivity index (χ0v) is 20.6. The number of amides is 2. The number of hydrogen-bond donors (Lipinski definition) is 1. The van der Waals surface area contributed by atoms with Crippen LogP contribution in [0.15, 0.2) is 23.8 Å². The van der Waals surface area contributed by atoms with Crippen LogP contribution in [0.5, 0.6) is 0 Å². The van der Waals surface area contributed by atoms with Gasteiger partial charge in [-0.25, -0.2) is 0 Å². The Morgan fingerprint density at radius 2 is 1.97 bits per heavy atom. The molecule has 2 aromatic rings. The van der Waals surface area contributed by atoms with E-state index in [1.807, 2.05) is 9.58 Å². The van der Waals surface area contributed by atoms with Crippen LogP contribution in [0.1, 0.15) is 33.7 Å². The summed E-state index contributed by atoms with van der Waals surface area (Å²) in [5.41, 5.74) is 4.90. The summed E-state index contributed by atoms with van der Waals surface area (Å²) >= 11 is 12.2. The normalized spacial score (nSPS) is 21.9. The summed E-state index contributed by atoms with van der Waals surface area (Å²) in [6, 6.07) is 4.78. The molecule has 0 radical (unpaired) electrons. The van der Waals surface area contributed by atoms with Crippen molar-refractivity contribution < 1.29 is 19.2 Å². The molecule has 1 saturated heterocycles. The first kappa shape index (κ1) is 23.0. The molecule has 9 nitrogen and oxygen atoms in total. The van der Waals surface area contributed by atoms with Gasteiger partial charge in [0.25, 0.3) is 5.91 Å². The topological polar surface area (TPSA) is 88.9 Å². The number of carbonyl (C=O) groups excluding carboxylic acids is 2. The highest BCUT2D eigenvalue weighted by atomic mass is 35.5. The van der Waals surface area contributed by atoms with Crippen molar-refractivity contribution in [2.75, 3.05) is 39.5 Å².